The van der Waals surface area contributed by atoms with Crippen LogP contribution in [0.15, 0.2) is 59.3 Å². The number of rotatable bonds is 3. The largest absolute Gasteiger partial charge is 0.399 e. The number of hydrogen-bond acceptors (Lipinski definition) is 3. The molecule has 0 saturated heterocycles. The Morgan fingerprint density at radius 1 is 0.917 bits per heavy atom. The highest BCUT2D eigenvalue weighted by atomic mass is 32.1. The zero-order valence-corrected chi connectivity index (χ0v) is 15.4. The van der Waals surface area contributed by atoms with Crippen molar-refractivity contribution in [3.63, 3.8) is 0 Å². The summed E-state index contributed by atoms with van der Waals surface area (Å²) in [6, 6.07) is 17.1. The maximum absolute atomic E-state index is 5.96. The molecule has 0 fully saturated rings. The summed E-state index contributed by atoms with van der Waals surface area (Å²) in [4.78, 5) is 2.73. The van der Waals surface area contributed by atoms with Crippen molar-refractivity contribution >= 4 is 39.1 Å². The molecule has 0 bridgehead atoms. The molecule has 24 heavy (non-hydrogen) atoms. The van der Waals surface area contributed by atoms with Crippen molar-refractivity contribution in [2.24, 2.45) is 0 Å². The molecule has 0 aliphatic rings. The molecule has 0 atom stereocenters. The van der Waals surface area contributed by atoms with Crippen LogP contribution in [-0.4, -0.2) is 0 Å². The van der Waals surface area contributed by atoms with Crippen LogP contribution in [-0.2, 0) is 0 Å². The van der Waals surface area contributed by atoms with Crippen molar-refractivity contribution in [3.05, 3.63) is 64.9 Å². The molecule has 2 N–H and O–H groups in total. The second kappa shape index (κ2) is 6.08. The van der Waals surface area contributed by atoms with Gasteiger partial charge in [0, 0.05) is 26.4 Å². The van der Waals surface area contributed by atoms with E-state index in [1.165, 1.54) is 37.2 Å². The van der Waals surface area contributed by atoms with Gasteiger partial charge in [0.1, 0.15) is 0 Å². The van der Waals surface area contributed by atoms with Crippen LogP contribution < -0.4 is 5.73 Å². The summed E-state index contributed by atoms with van der Waals surface area (Å²) in [5.41, 5.74) is 10.9. The van der Waals surface area contributed by atoms with E-state index in [2.05, 4.69) is 67.1 Å². The Kier molecular flexibility index (Phi) is 3.91. The quantitative estimate of drug-likeness (QED) is 0.396. The third-order valence-electron chi connectivity index (χ3n) is 4.32. The number of fused-ring (bicyclic) bond motifs is 1. The Bertz CT molecular complexity index is 994. The lowest BCUT2D eigenvalue weighted by molar-refractivity contribution is 0.876. The first-order valence-electron chi connectivity index (χ1n) is 8.08. The molecule has 0 radical (unpaired) electrons. The van der Waals surface area contributed by atoms with E-state index in [4.69, 9.17) is 5.73 Å². The number of benzene rings is 2. The van der Waals surface area contributed by atoms with Crippen molar-refractivity contribution in [3.8, 4) is 20.9 Å². The molecule has 2 heterocycles. The van der Waals surface area contributed by atoms with Crippen LogP contribution in [0.1, 0.15) is 25.3 Å². The lowest BCUT2D eigenvalue weighted by Gasteiger charge is -2.11. The van der Waals surface area contributed by atoms with Crippen LogP contribution in [0.3, 0.4) is 0 Å². The van der Waals surface area contributed by atoms with Crippen molar-refractivity contribution in [1.29, 1.82) is 0 Å². The fraction of sp³-hybridized carbons (Fsp3) is 0.143. The minimum atomic E-state index is 0.486. The third kappa shape index (κ3) is 2.64. The molecule has 0 spiro atoms. The van der Waals surface area contributed by atoms with Gasteiger partial charge in [-0.1, -0.05) is 38.1 Å². The van der Waals surface area contributed by atoms with Crippen LogP contribution in [0.4, 0.5) is 5.69 Å². The van der Waals surface area contributed by atoms with E-state index in [1.54, 1.807) is 0 Å². The average molecular weight is 350 g/mol. The number of thiophene rings is 2. The van der Waals surface area contributed by atoms with Gasteiger partial charge in [-0.05, 0) is 57.5 Å². The fourth-order valence-corrected chi connectivity index (χ4v) is 5.25. The topological polar surface area (TPSA) is 26.0 Å². The predicted molar refractivity (Wildman–Crippen MR) is 109 cm³/mol. The summed E-state index contributed by atoms with van der Waals surface area (Å²) in [6.07, 6.45) is 0. The summed E-state index contributed by atoms with van der Waals surface area (Å²) in [6.45, 7) is 4.56. The molecule has 4 rings (SSSR count). The van der Waals surface area contributed by atoms with Crippen LogP contribution >= 0.6 is 22.7 Å². The average Bonchev–Trinajstić information content (AvgIpc) is 3.23. The number of hydrogen-bond donors (Lipinski definition) is 1. The minimum Gasteiger partial charge on any atom is -0.399 e. The molecule has 3 heteroatoms. The fourth-order valence-electron chi connectivity index (χ4n) is 3.19. The normalized spacial score (nSPS) is 11.5. The molecule has 120 valence electrons. The molecule has 2 aromatic heterocycles. The van der Waals surface area contributed by atoms with Crippen molar-refractivity contribution < 1.29 is 0 Å². The van der Waals surface area contributed by atoms with Crippen LogP contribution in [0.2, 0.25) is 0 Å². The van der Waals surface area contributed by atoms with Crippen LogP contribution in [0.25, 0.3) is 31.7 Å². The SMILES string of the molecule is CC(C)c1c(-c2cccs2)csc1-c1ccc2ccc(N)cc2c1. The van der Waals surface area contributed by atoms with E-state index in [0.717, 1.165) is 5.69 Å². The Balaban J connectivity index is 1.90. The molecule has 2 aromatic carbocycles. The van der Waals surface area contributed by atoms with Crippen molar-refractivity contribution in [1.82, 2.24) is 0 Å². The van der Waals surface area contributed by atoms with E-state index in [9.17, 15) is 0 Å². The smallest absolute Gasteiger partial charge is 0.0384 e. The lowest BCUT2D eigenvalue weighted by atomic mass is 9.94. The molecule has 0 aliphatic heterocycles. The second-order valence-electron chi connectivity index (χ2n) is 6.35. The zero-order valence-electron chi connectivity index (χ0n) is 13.7. The molecule has 0 saturated carbocycles. The standard InChI is InChI=1S/C21H19NS2/c1-13(2)20-18(19-4-3-9-23-19)12-24-21(20)15-6-5-14-7-8-17(22)11-16(14)10-15/h3-13H,22H2,1-2H3. The zero-order chi connectivity index (χ0) is 16.7. The monoisotopic (exact) mass is 349 g/mol. The van der Waals surface area contributed by atoms with Gasteiger partial charge < -0.3 is 5.73 Å². The molecule has 1 nitrogen and oxygen atoms in total. The summed E-state index contributed by atoms with van der Waals surface area (Å²) in [7, 11) is 0. The minimum absolute atomic E-state index is 0.486. The van der Waals surface area contributed by atoms with Gasteiger partial charge >= 0.3 is 0 Å². The molecular formula is C21H19NS2. The van der Waals surface area contributed by atoms with E-state index in [-0.39, 0.29) is 0 Å². The number of nitrogens with two attached hydrogens (primary N) is 1. The number of anilines is 1. The van der Waals surface area contributed by atoms with Gasteiger partial charge in [0.25, 0.3) is 0 Å². The van der Waals surface area contributed by atoms with E-state index >= 15 is 0 Å². The highest BCUT2D eigenvalue weighted by Crippen LogP contribution is 2.44. The summed E-state index contributed by atoms with van der Waals surface area (Å²) in [5, 5.41) is 6.89. The molecule has 0 amide bonds. The first-order valence-corrected chi connectivity index (χ1v) is 9.84. The van der Waals surface area contributed by atoms with Gasteiger partial charge in [0.2, 0.25) is 0 Å². The Hall–Kier alpha value is -2.10. The van der Waals surface area contributed by atoms with Crippen molar-refractivity contribution in [2.45, 2.75) is 19.8 Å². The van der Waals surface area contributed by atoms with E-state index in [1.807, 2.05) is 28.7 Å². The Morgan fingerprint density at radius 3 is 2.50 bits per heavy atom. The van der Waals surface area contributed by atoms with Gasteiger partial charge in [-0.3, -0.25) is 0 Å². The highest BCUT2D eigenvalue weighted by molar-refractivity contribution is 7.16. The lowest BCUT2D eigenvalue weighted by Crippen LogP contribution is -1.91. The Labute approximate surface area is 150 Å². The number of nitrogen functional groups attached to an aromatic ring is 1. The summed E-state index contributed by atoms with van der Waals surface area (Å²) < 4.78 is 0. The van der Waals surface area contributed by atoms with Gasteiger partial charge in [-0.2, -0.15) is 0 Å². The maximum Gasteiger partial charge on any atom is 0.0384 e. The third-order valence-corrected chi connectivity index (χ3v) is 6.27. The van der Waals surface area contributed by atoms with Gasteiger partial charge in [0.05, 0.1) is 0 Å². The molecule has 0 aliphatic carbocycles. The first-order chi connectivity index (χ1) is 11.6. The first kappa shape index (κ1) is 15.4. The van der Waals surface area contributed by atoms with Gasteiger partial charge in [-0.25, -0.2) is 0 Å². The predicted octanol–water partition coefficient (Wildman–Crippen LogP) is 7.00. The van der Waals surface area contributed by atoms with Crippen LogP contribution in [0, 0.1) is 0 Å². The van der Waals surface area contributed by atoms with E-state index in [0.29, 0.717) is 5.92 Å². The summed E-state index contributed by atoms with van der Waals surface area (Å²) >= 11 is 3.65. The van der Waals surface area contributed by atoms with Crippen LogP contribution in [0.5, 0.6) is 0 Å². The van der Waals surface area contributed by atoms with Crippen molar-refractivity contribution in [2.75, 3.05) is 5.73 Å². The second-order valence-corrected chi connectivity index (χ2v) is 8.17. The van der Waals surface area contributed by atoms with Gasteiger partial charge in [-0.15, -0.1) is 22.7 Å². The molecule has 0 unspecified atom stereocenters. The molecule has 4 aromatic rings. The highest BCUT2D eigenvalue weighted by Gasteiger charge is 2.18. The van der Waals surface area contributed by atoms with Gasteiger partial charge in [0.15, 0.2) is 0 Å². The van der Waals surface area contributed by atoms with E-state index < -0.39 is 0 Å². The Morgan fingerprint density at radius 2 is 1.75 bits per heavy atom. The maximum atomic E-state index is 5.96. The summed E-state index contributed by atoms with van der Waals surface area (Å²) in [5.74, 6) is 0.486. The molecular weight excluding hydrogens is 330 g/mol.